The van der Waals surface area contributed by atoms with Crippen LogP contribution in [0.3, 0.4) is 0 Å². The minimum Gasteiger partial charge on any atom is -0.294 e. The van der Waals surface area contributed by atoms with Crippen LogP contribution in [-0.4, -0.2) is 37.3 Å². The Balaban J connectivity index is 2.40. The van der Waals surface area contributed by atoms with Gasteiger partial charge in [0.2, 0.25) is 10.0 Å². The van der Waals surface area contributed by atoms with Gasteiger partial charge in [-0.15, -0.1) is 0 Å². The topological polar surface area (TPSA) is 54.5 Å². The molecule has 1 saturated heterocycles. The third kappa shape index (κ3) is 3.17. The van der Waals surface area contributed by atoms with Crippen molar-refractivity contribution in [1.29, 1.82) is 0 Å². The largest absolute Gasteiger partial charge is 0.405 e. The number of sulfonamides is 1. The Kier molecular flexibility index (Phi) is 4.62. The number of benzene rings is 1. The van der Waals surface area contributed by atoms with Gasteiger partial charge in [-0.05, 0) is 25.0 Å². The molecular weight excluding hydrogens is 319 g/mol. The summed E-state index contributed by atoms with van der Waals surface area (Å²) in [5, 5.41) is 0. The predicted molar refractivity (Wildman–Crippen MR) is 74.0 cm³/mol. The molecule has 1 heterocycles. The van der Waals surface area contributed by atoms with E-state index in [1.54, 1.807) is 6.92 Å². The van der Waals surface area contributed by atoms with E-state index in [1.807, 2.05) is 0 Å². The van der Waals surface area contributed by atoms with Gasteiger partial charge in [-0.2, -0.15) is 17.5 Å². The summed E-state index contributed by atoms with van der Waals surface area (Å²) in [5.41, 5.74) is 0.186. The van der Waals surface area contributed by atoms with E-state index in [0.29, 0.717) is 4.31 Å². The molecule has 122 valence electrons. The van der Waals surface area contributed by atoms with Crippen LogP contribution in [0.25, 0.3) is 0 Å². The first-order valence-corrected chi connectivity index (χ1v) is 8.33. The van der Waals surface area contributed by atoms with Gasteiger partial charge >= 0.3 is 6.18 Å². The highest BCUT2D eigenvalue weighted by molar-refractivity contribution is 7.89. The lowest BCUT2D eigenvalue weighted by Gasteiger charge is -2.26. The molecular formula is C14H16F3NO3S. The molecule has 1 aliphatic rings. The summed E-state index contributed by atoms with van der Waals surface area (Å²) in [6.45, 7) is 1.46. The summed E-state index contributed by atoms with van der Waals surface area (Å²) in [4.78, 5) is 11.4. The van der Waals surface area contributed by atoms with E-state index in [0.717, 1.165) is 6.07 Å². The number of hydrogen-bond acceptors (Lipinski definition) is 3. The molecule has 0 aliphatic carbocycles. The molecule has 1 fully saturated rings. The minimum atomic E-state index is -4.60. The van der Waals surface area contributed by atoms with Crippen LogP contribution in [0.15, 0.2) is 29.2 Å². The van der Waals surface area contributed by atoms with Gasteiger partial charge in [-0.3, -0.25) is 4.79 Å². The Bertz CT molecular complexity index is 670. The number of rotatable bonds is 4. The van der Waals surface area contributed by atoms with Crippen molar-refractivity contribution in [2.75, 3.05) is 6.54 Å². The summed E-state index contributed by atoms with van der Waals surface area (Å²) < 4.78 is 64.3. The van der Waals surface area contributed by atoms with Crippen molar-refractivity contribution in [3.63, 3.8) is 0 Å². The minimum absolute atomic E-state index is 0.164. The summed E-state index contributed by atoms with van der Waals surface area (Å²) >= 11 is 0. The van der Waals surface area contributed by atoms with Crippen molar-refractivity contribution in [3.05, 3.63) is 29.8 Å². The van der Waals surface area contributed by atoms with E-state index >= 15 is 0 Å². The second-order valence-corrected chi connectivity index (χ2v) is 7.01. The number of alkyl halides is 3. The first-order chi connectivity index (χ1) is 10.2. The normalized spacial score (nSPS) is 20.3. The Labute approximate surface area is 127 Å². The van der Waals surface area contributed by atoms with Gasteiger partial charge < -0.3 is 0 Å². The van der Waals surface area contributed by atoms with Gasteiger partial charge in [0.15, 0.2) is 5.78 Å². The zero-order valence-electron chi connectivity index (χ0n) is 11.9. The Morgan fingerprint density at radius 3 is 2.64 bits per heavy atom. The Hall–Kier alpha value is -1.41. The number of hydrogen-bond donors (Lipinski definition) is 0. The third-order valence-electron chi connectivity index (χ3n) is 3.67. The summed E-state index contributed by atoms with van der Waals surface area (Å²) in [6, 6.07) is 3.19. The quantitative estimate of drug-likeness (QED) is 0.795. The number of Topliss-reactive ketones (excluding diaryl/α,β-unsaturated/α-hetero) is 1. The Morgan fingerprint density at radius 1 is 1.36 bits per heavy atom. The molecule has 0 bridgehead atoms. The van der Waals surface area contributed by atoms with Crippen LogP contribution in [0, 0.1) is 0 Å². The molecule has 0 saturated carbocycles. The van der Waals surface area contributed by atoms with Crippen molar-refractivity contribution < 1.29 is 26.4 Å². The van der Waals surface area contributed by atoms with Gasteiger partial charge in [0.1, 0.15) is 6.04 Å². The second-order valence-electron chi connectivity index (χ2n) is 5.12. The number of carbonyl (C=O) groups excluding carboxylic acids is 1. The van der Waals surface area contributed by atoms with E-state index < -0.39 is 22.2 Å². The molecule has 0 radical (unpaired) electrons. The highest BCUT2D eigenvalue weighted by Crippen LogP contribution is 2.36. The van der Waals surface area contributed by atoms with Crippen LogP contribution in [0.5, 0.6) is 0 Å². The molecule has 0 aromatic heterocycles. The third-order valence-corrected chi connectivity index (χ3v) is 5.57. The standard InChI is InChI=1S/C14H16F3NO3S/c1-2-12(19)10-5-3-6-11(9-10)22(20,21)18-8-4-7-13(18)14(15,16)17/h3,5-6,9,13H,2,4,7-8H2,1H3. The molecule has 8 heteroatoms. The highest BCUT2D eigenvalue weighted by atomic mass is 32.2. The number of halogens is 3. The van der Waals surface area contributed by atoms with Gasteiger partial charge in [-0.1, -0.05) is 19.1 Å². The average Bonchev–Trinajstić information content (AvgIpc) is 2.97. The van der Waals surface area contributed by atoms with E-state index in [2.05, 4.69) is 0 Å². The van der Waals surface area contributed by atoms with Gasteiger partial charge in [-0.25, -0.2) is 8.42 Å². The molecule has 1 unspecified atom stereocenters. The lowest BCUT2D eigenvalue weighted by Crippen LogP contribution is -2.44. The fourth-order valence-corrected chi connectivity index (χ4v) is 4.25. The van der Waals surface area contributed by atoms with Crippen molar-refractivity contribution in [3.8, 4) is 0 Å². The molecule has 2 rings (SSSR count). The predicted octanol–water partition coefficient (Wildman–Crippen LogP) is 2.99. The molecule has 4 nitrogen and oxygen atoms in total. The fraction of sp³-hybridized carbons (Fsp3) is 0.500. The highest BCUT2D eigenvalue weighted by Gasteiger charge is 2.50. The molecule has 1 aromatic carbocycles. The first kappa shape index (κ1) is 17.0. The lowest BCUT2D eigenvalue weighted by atomic mass is 10.1. The van der Waals surface area contributed by atoms with E-state index in [4.69, 9.17) is 0 Å². The molecule has 0 N–H and O–H groups in total. The van der Waals surface area contributed by atoms with E-state index in [-0.39, 0.29) is 42.0 Å². The molecule has 22 heavy (non-hydrogen) atoms. The van der Waals surface area contributed by atoms with Crippen molar-refractivity contribution >= 4 is 15.8 Å². The molecule has 0 amide bonds. The SMILES string of the molecule is CCC(=O)c1cccc(S(=O)(=O)N2CCCC2C(F)(F)F)c1. The molecule has 1 aliphatic heterocycles. The van der Waals surface area contributed by atoms with Crippen molar-refractivity contribution in [2.45, 2.75) is 43.3 Å². The zero-order valence-corrected chi connectivity index (χ0v) is 12.7. The van der Waals surface area contributed by atoms with Crippen molar-refractivity contribution in [1.82, 2.24) is 4.31 Å². The maximum absolute atomic E-state index is 13.0. The number of carbonyl (C=O) groups is 1. The molecule has 0 spiro atoms. The molecule has 1 atom stereocenters. The zero-order chi connectivity index (χ0) is 16.5. The fourth-order valence-electron chi connectivity index (χ4n) is 2.52. The van der Waals surface area contributed by atoms with Crippen LogP contribution in [0.4, 0.5) is 13.2 Å². The summed E-state index contributed by atoms with van der Waals surface area (Å²) in [6.07, 6.45) is -4.48. The average molecular weight is 335 g/mol. The summed E-state index contributed by atoms with van der Waals surface area (Å²) in [5.74, 6) is -0.258. The smallest absolute Gasteiger partial charge is 0.294 e. The first-order valence-electron chi connectivity index (χ1n) is 6.89. The summed E-state index contributed by atoms with van der Waals surface area (Å²) in [7, 11) is -4.27. The number of nitrogens with zero attached hydrogens (tertiary/aromatic N) is 1. The second kappa shape index (κ2) is 6.00. The van der Waals surface area contributed by atoms with Crippen LogP contribution in [0.1, 0.15) is 36.5 Å². The van der Waals surface area contributed by atoms with E-state index in [9.17, 15) is 26.4 Å². The van der Waals surface area contributed by atoms with Gasteiger partial charge in [0, 0.05) is 18.5 Å². The van der Waals surface area contributed by atoms with Gasteiger partial charge in [0.25, 0.3) is 0 Å². The monoisotopic (exact) mass is 335 g/mol. The van der Waals surface area contributed by atoms with Crippen molar-refractivity contribution in [2.24, 2.45) is 0 Å². The number of ketones is 1. The van der Waals surface area contributed by atoms with Crippen LogP contribution in [0.2, 0.25) is 0 Å². The van der Waals surface area contributed by atoms with Gasteiger partial charge in [0.05, 0.1) is 4.90 Å². The Morgan fingerprint density at radius 2 is 2.05 bits per heavy atom. The maximum Gasteiger partial charge on any atom is 0.405 e. The molecule has 1 aromatic rings. The van der Waals surface area contributed by atoms with Crippen LogP contribution in [-0.2, 0) is 10.0 Å². The lowest BCUT2D eigenvalue weighted by molar-refractivity contribution is -0.165. The van der Waals surface area contributed by atoms with E-state index in [1.165, 1.54) is 18.2 Å². The van der Waals surface area contributed by atoms with Crippen LogP contribution < -0.4 is 0 Å². The van der Waals surface area contributed by atoms with Crippen LogP contribution >= 0.6 is 0 Å². The maximum atomic E-state index is 13.0.